The van der Waals surface area contributed by atoms with E-state index in [0.29, 0.717) is 23.6 Å². The summed E-state index contributed by atoms with van der Waals surface area (Å²) in [6, 6.07) is 5.20. The van der Waals surface area contributed by atoms with Crippen molar-refractivity contribution in [2.75, 3.05) is 24.7 Å². The Morgan fingerprint density at radius 1 is 1.42 bits per heavy atom. The number of aliphatic hydroxyl groups excluding tert-OH is 1. The quantitative estimate of drug-likeness (QED) is 0.456. The summed E-state index contributed by atoms with van der Waals surface area (Å²) in [7, 11) is 0. The fourth-order valence-corrected chi connectivity index (χ4v) is 5.79. The number of nitrogens with zero attached hydrogens (tertiary/aromatic N) is 2. The van der Waals surface area contributed by atoms with Gasteiger partial charge in [-0.3, -0.25) is 14.4 Å². The number of anilines is 1. The third-order valence-corrected chi connectivity index (χ3v) is 7.24. The number of aliphatic hydroxyl groups is 1. The van der Waals surface area contributed by atoms with Crippen molar-refractivity contribution < 1.29 is 29.0 Å². The number of benzene rings is 1. The molecule has 0 aliphatic carbocycles. The van der Waals surface area contributed by atoms with Gasteiger partial charge >= 0.3 is 5.97 Å². The smallest absolute Gasteiger partial charge is 0.312 e. The molecule has 1 spiro atoms. The van der Waals surface area contributed by atoms with Crippen LogP contribution in [0.3, 0.4) is 0 Å². The fourth-order valence-electron chi connectivity index (χ4n) is 5.66. The van der Waals surface area contributed by atoms with Gasteiger partial charge in [0.25, 0.3) is 5.91 Å². The highest BCUT2D eigenvalue weighted by molar-refractivity contribution is 6.30. The minimum absolute atomic E-state index is 0.193. The molecule has 1 aromatic carbocycles. The van der Waals surface area contributed by atoms with Crippen molar-refractivity contribution in [2.45, 2.75) is 50.5 Å². The number of fused-ring (bicyclic) bond motifs is 1. The molecule has 2 unspecified atom stereocenters. The summed E-state index contributed by atoms with van der Waals surface area (Å²) in [6.45, 7) is 7.24. The van der Waals surface area contributed by atoms with E-state index in [2.05, 4.69) is 6.58 Å². The SMILES string of the molecule is C=CCN(C(=O)C1N([C@H](C)CO)C(=O)[C@@H]2[C@@H](C(=O)OCC)[C@H]3CCC12O3)c1ccc(Cl)cc1. The maximum Gasteiger partial charge on any atom is 0.312 e. The van der Waals surface area contributed by atoms with Crippen LogP contribution in [-0.4, -0.2) is 71.3 Å². The predicted molar refractivity (Wildman–Crippen MR) is 122 cm³/mol. The lowest BCUT2D eigenvalue weighted by Gasteiger charge is -2.38. The number of rotatable bonds is 8. The summed E-state index contributed by atoms with van der Waals surface area (Å²) in [5.41, 5.74) is -0.548. The molecule has 3 saturated heterocycles. The van der Waals surface area contributed by atoms with Gasteiger partial charge in [0.05, 0.1) is 37.2 Å². The van der Waals surface area contributed by atoms with E-state index >= 15 is 0 Å². The largest absolute Gasteiger partial charge is 0.466 e. The van der Waals surface area contributed by atoms with Gasteiger partial charge in [-0.15, -0.1) is 6.58 Å². The van der Waals surface area contributed by atoms with Crippen molar-refractivity contribution in [1.82, 2.24) is 4.90 Å². The van der Waals surface area contributed by atoms with Gasteiger partial charge in [-0.1, -0.05) is 17.7 Å². The molecule has 2 bridgehead atoms. The molecule has 1 N–H and O–H groups in total. The Hall–Kier alpha value is -2.42. The van der Waals surface area contributed by atoms with Crippen LogP contribution >= 0.6 is 11.6 Å². The van der Waals surface area contributed by atoms with Gasteiger partial charge in [0.1, 0.15) is 11.6 Å². The number of amides is 2. The second-order valence-corrected chi connectivity index (χ2v) is 9.24. The predicted octanol–water partition coefficient (Wildman–Crippen LogP) is 2.18. The summed E-state index contributed by atoms with van der Waals surface area (Å²) in [5.74, 6) is -2.77. The van der Waals surface area contributed by atoms with E-state index in [1.54, 1.807) is 44.2 Å². The lowest BCUT2D eigenvalue weighted by atomic mass is 9.70. The lowest BCUT2D eigenvalue weighted by Crippen LogP contribution is -2.58. The van der Waals surface area contributed by atoms with Crippen molar-refractivity contribution in [3.8, 4) is 0 Å². The molecule has 6 atom stereocenters. The van der Waals surface area contributed by atoms with Gasteiger partial charge in [-0.25, -0.2) is 0 Å². The van der Waals surface area contributed by atoms with Crippen molar-refractivity contribution >= 4 is 35.1 Å². The molecule has 33 heavy (non-hydrogen) atoms. The minimum atomic E-state index is -1.15. The number of carbonyl (C=O) groups is 3. The number of hydrogen-bond acceptors (Lipinski definition) is 6. The van der Waals surface area contributed by atoms with E-state index < -0.39 is 41.6 Å². The van der Waals surface area contributed by atoms with Gasteiger partial charge in [-0.2, -0.15) is 0 Å². The van der Waals surface area contributed by atoms with Crippen molar-refractivity contribution in [3.05, 3.63) is 41.9 Å². The van der Waals surface area contributed by atoms with E-state index in [1.165, 1.54) is 9.80 Å². The van der Waals surface area contributed by atoms with E-state index in [-0.39, 0.29) is 31.6 Å². The molecule has 0 radical (unpaired) electrons. The molecule has 2 amide bonds. The molecule has 0 saturated carbocycles. The number of carbonyl (C=O) groups excluding carboxylic acids is 3. The molecule has 9 heteroatoms. The molecular formula is C24H29ClN2O6. The Balaban J connectivity index is 1.78. The van der Waals surface area contributed by atoms with Crippen molar-refractivity contribution in [2.24, 2.45) is 11.8 Å². The third-order valence-electron chi connectivity index (χ3n) is 6.99. The average Bonchev–Trinajstić information content (AvgIpc) is 3.45. The molecule has 3 heterocycles. The van der Waals surface area contributed by atoms with Gasteiger partial charge in [0.2, 0.25) is 5.91 Å². The van der Waals surface area contributed by atoms with Crippen LogP contribution in [0.15, 0.2) is 36.9 Å². The van der Waals surface area contributed by atoms with Crippen LogP contribution in [0.1, 0.15) is 26.7 Å². The Labute approximate surface area is 198 Å². The van der Waals surface area contributed by atoms with Gasteiger partial charge in [0.15, 0.2) is 0 Å². The number of ether oxygens (including phenoxy) is 2. The van der Waals surface area contributed by atoms with Crippen LogP contribution in [0.5, 0.6) is 0 Å². The zero-order valence-electron chi connectivity index (χ0n) is 18.8. The lowest BCUT2D eigenvalue weighted by molar-refractivity contribution is -0.155. The fraction of sp³-hybridized carbons (Fsp3) is 0.542. The number of likely N-dealkylation sites (tertiary alicyclic amines) is 1. The third kappa shape index (κ3) is 3.64. The topological polar surface area (TPSA) is 96.4 Å². The van der Waals surface area contributed by atoms with Crippen LogP contribution < -0.4 is 4.90 Å². The Morgan fingerprint density at radius 3 is 2.73 bits per heavy atom. The van der Waals surface area contributed by atoms with Crippen molar-refractivity contribution in [3.63, 3.8) is 0 Å². The standard InChI is InChI=1S/C24H29ClN2O6/c1-4-12-26(16-8-6-15(25)7-9-16)22(30)20-24-11-10-17(33-24)18(23(31)32-5-2)19(24)21(29)27(20)14(3)13-28/h4,6-9,14,17-20,28H,1,5,10-13H2,2-3H3/t14-,17-,18+,19+,20?,24?/m1/s1. The number of halogens is 1. The minimum Gasteiger partial charge on any atom is -0.466 e. The summed E-state index contributed by atoms with van der Waals surface area (Å²) in [5, 5.41) is 10.4. The monoisotopic (exact) mass is 476 g/mol. The first-order valence-electron chi connectivity index (χ1n) is 11.3. The van der Waals surface area contributed by atoms with Gasteiger partial charge in [0, 0.05) is 17.3 Å². The second-order valence-electron chi connectivity index (χ2n) is 8.80. The zero-order chi connectivity index (χ0) is 23.9. The number of esters is 1. The van der Waals surface area contributed by atoms with E-state index in [9.17, 15) is 19.5 Å². The Morgan fingerprint density at radius 2 is 2.12 bits per heavy atom. The molecule has 178 valence electrons. The summed E-state index contributed by atoms with van der Waals surface area (Å²) < 4.78 is 11.6. The Kier molecular flexibility index (Phi) is 6.53. The molecule has 3 fully saturated rings. The maximum atomic E-state index is 14.1. The maximum absolute atomic E-state index is 14.1. The first-order valence-corrected chi connectivity index (χ1v) is 11.6. The second kappa shape index (κ2) is 9.08. The first kappa shape index (κ1) is 23.7. The van der Waals surface area contributed by atoms with Crippen LogP contribution in [0.2, 0.25) is 5.02 Å². The number of hydrogen-bond donors (Lipinski definition) is 1. The Bertz CT molecular complexity index is 953. The van der Waals surface area contributed by atoms with Crippen LogP contribution in [0, 0.1) is 11.8 Å². The molecule has 3 aliphatic rings. The molecule has 1 aromatic rings. The van der Waals surface area contributed by atoms with Crippen LogP contribution in [0.4, 0.5) is 5.69 Å². The van der Waals surface area contributed by atoms with Crippen LogP contribution in [-0.2, 0) is 23.9 Å². The van der Waals surface area contributed by atoms with E-state index in [4.69, 9.17) is 21.1 Å². The highest BCUT2D eigenvalue weighted by Gasteiger charge is 2.75. The zero-order valence-corrected chi connectivity index (χ0v) is 19.5. The molecule has 8 nitrogen and oxygen atoms in total. The molecular weight excluding hydrogens is 448 g/mol. The van der Waals surface area contributed by atoms with Crippen LogP contribution in [0.25, 0.3) is 0 Å². The summed E-state index contributed by atoms with van der Waals surface area (Å²) in [6.07, 6.45) is 2.16. The molecule has 0 aromatic heterocycles. The van der Waals surface area contributed by atoms with Gasteiger partial charge < -0.3 is 24.4 Å². The van der Waals surface area contributed by atoms with E-state index in [0.717, 1.165) is 0 Å². The first-order chi connectivity index (χ1) is 15.8. The van der Waals surface area contributed by atoms with E-state index in [1.807, 2.05) is 0 Å². The normalized spacial score (nSPS) is 30.8. The molecule has 3 aliphatic heterocycles. The van der Waals surface area contributed by atoms with Crippen molar-refractivity contribution in [1.29, 1.82) is 0 Å². The molecule has 4 rings (SSSR count). The summed E-state index contributed by atoms with van der Waals surface area (Å²) in [4.78, 5) is 43.5. The highest BCUT2D eigenvalue weighted by Crippen LogP contribution is 2.59. The average molecular weight is 477 g/mol. The summed E-state index contributed by atoms with van der Waals surface area (Å²) >= 11 is 6.03. The highest BCUT2D eigenvalue weighted by atomic mass is 35.5. The van der Waals surface area contributed by atoms with Gasteiger partial charge in [-0.05, 0) is 51.0 Å².